The Kier molecular flexibility index (Phi) is 5.84. The first-order valence-corrected chi connectivity index (χ1v) is 8.22. The molecule has 0 fully saturated rings. The van der Waals surface area contributed by atoms with E-state index in [1.165, 1.54) is 12.3 Å². The summed E-state index contributed by atoms with van der Waals surface area (Å²) < 4.78 is 5.23. The van der Waals surface area contributed by atoms with Crippen molar-refractivity contribution in [1.29, 1.82) is 5.41 Å². The fraction of sp³-hybridized carbons (Fsp3) is 0.278. The number of nitrogens with two attached hydrogens (primary N) is 1. The van der Waals surface area contributed by atoms with Gasteiger partial charge >= 0.3 is 6.09 Å². The van der Waals surface area contributed by atoms with Crippen LogP contribution in [-0.4, -0.2) is 28.0 Å². The number of halogens is 1. The number of aliphatic hydroxyl groups excluding tert-OH is 1. The molecule has 1 aromatic carbocycles. The van der Waals surface area contributed by atoms with Crippen LogP contribution in [0.15, 0.2) is 30.5 Å². The lowest BCUT2D eigenvalue weighted by atomic mass is 9.98. The highest BCUT2D eigenvalue weighted by Crippen LogP contribution is 2.31. The Morgan fingerprint density at radius 2 is 2.15 bits per heavy atom. The number of amides is 1. The molecule has 2 rings (SSSR count). The summed E-state index contributed by atoms with van der Waals surface area (Å²) in [6, 6.07) is 6.39. The van der Waals surface area contributed by atoms with Crippen LogP contribution in [0.4, 0.5) is 16.2 Å². The molecule has 8 heteroatoms. The lowest BCUT2D eigenvalue weighted by Crippen LogP contribution is -2.28. The van der Waals surface area contributed by atoms with E-state index in [0.29, 0.717) is 16.8 Å². The standard InChI is InChI=1S/C18H21ClN4O3/c1-18(2,3)26-17(25)23-14-7-10(19)9-22-15(14)16(24)11-5-4-6-13(21)12(11)8-20/h4-9,16,20,24H,21H2,1-3H3,(H,23,25). The van der Waals surface area contributed by atoms with Gasteiger partial charge in [0.1, 0.15) is 11.7 Å². The van der Waals surface area contributed by atoms with Gasteiger partial charge in [-0.15, -0.1) is 0 Å². The second-order valence-corrected chi connectivity index (χ2v) is 7.05. The molecule has 0 saturated carbocycles. The van der Waals surface area contributed by atoms with Crippen molar-refractivity contribution >= 4 is 35.3 Å². The number of hydrogen-bond acceptors (Lipinski definition) is 6. The van der Waals surface area contributed by atoms with Crippen LogP contribution in [0.25, 0.3) is 0 Å². The van der Waals surface area contributed by atoms with Crippen molar-refractivity contribution in [2.45, 2.75) is 32.5 Å². The van der Waals surface area contributed by atoms with Gasteiger partial charge in [0.25, 0.3) is 0 Å². The zero-order valence-corrected chi connectivity index (χ0v) is 15.5. The van der Waals surface area contributed by atoms with Crippen molar-refractivity contribution in [1.82, 2.24) is 4.98 Å². The molecule has 0 aliphatic heterocycles. The summed E-state index contributed by atoms with van der Waals surface area (Å²) in [5, 5.41) is 21.2. The van der Waals surface area contributed by atoms with Crippen LogP contribution in [0.2, 0.25) is 5.02 Å². The van der Waals surface area contributed by atoms with Crippen LogP contribution in [0.3, 0.4) is 0 Å². The molecule has 0 spiro atoms. The second kappa shape index (κ2) is 7.72. The molecule has 1 unspecified atom stereocenters. The second-order valence-electron chi connectivity index (χ2n) is 6.61. The molecule has 1 atom stereocenters. The molecule has 5 N–H and O–H groups in total. The van der Waals surface area contributed by atoms with Crippen molar-refractivity contribution in [3.8, 4) is 0 Å². The number of benzene rings is 1. The Hall–Kier alpha value is -2.64. The van der Waals surface area contributed by atoms with Gasteiger partial charge in [0.15, 0.2) is 0 Å². The van der Waals surface area contributed by atoms with Crippen LogP contribution < -0.4 is 11.1 Å². The minimum absolute atomic E-state index is 0.161. The summed E-state index contributed by atoms with van der Waals surface area (Å²) in [4.78, 5) is 16.2. The van der Waals surface area contributed by atoms with E-state index in [0.717, 1.165) is 6.21 Å². The number of nitrogens with zero attached hydrogens (tertiary/aromatic N) is 1. The molecule has 26 heavy (non-hydrogen) atoms. The Bertz CT molecular complexity index is 834. The maximum Gasteiger partial charge on any atom is 0.412 e. The van der Waals surface area contributed by atoms with E-state index in [1.54, 1.807) is 39.0 Å². The molecule has 0 bridgehead atoms. The summed E-state index contributed by atoms with van der Waals surface area (Å²) in [6.07, 6.45) is 0.494. The summed E-state index contributed by atoms with van der Waals surface area (Å²) >= 11 is 5.98. The number of aromatic nitrogens is 1. The summed E-state index contributed by atoms with van der Waals surface area (Å²) in [6.45, 7) is 5.21. The fourth-order valence-corrected chi connectivity index (χ4v) is 2.49. The number of nitrogen functional groups attached to an aromatic ring is 1. The number of carbonyl (C=O) groups is 1. The average molecular weight is 377 g/mol. The maximum atomic E-state index is 12.1. The molecular weight excluding hydrogens is 356 g/mol. The van der Waals surface area contributed by atoms with Crippen LogP contribution in [0.5, 0.6) is 0 Å². The SMILES string of the molecule is CC(C)(C)OC(=O)Nc1cc(Cl)cnc1C(O)c1cccc(N)c1C=N. The van der Waals surface area contributed by atoms with Crippen LogP contribution in [0, 0.1) is 5.41 Å². The molecule has 0 radical (unpaired) electrons. The Morgan fingerprint density at radius 1 is 1.46 bits per heavy atom. The third-order valence-corrected chi connectivity index (χ3v) is 3.60. The normalized spacial score (nSPS) is 12.3. The van der Waals surface area contributed by atoms with Gasteiger partial charge < -0.3 is 21.0 Å². The highest BCUT2D eigenvalue weighted by Gasteiger charge is 2.23. The van der Waals surface area contributed by atoms with Gasteiger partial charge in [0.05, 0.1) is 16.4 Å². The third kappa shape index (κ3) is 4.71. The Morgan fingerprint density at radius 3 is 2.77 bits per heavy atom. The van der Waals surface area contributed by atoms with E-state index >= 15 is 0 Å². The lowest BCUT2D eigenvalue weighted by Gasteiger charge is -2.21. The zero-order valence-electron chi connectivity index (χ0n) is 14.7. The van der Waals surface area contributed by atoms with Gasteiger partial charge in [-0.25, -0.2) is 4.79 Å². The largest absolute Gasteiger partial charge is 0.444 e. The van der Waals surface area contributed by atoms with E-state index in [2.05, 4.69) is 10.3 Å². The molecule has 0 aliphatic rings. The fourth-order valence-electron chi connectivity index (χ4n) is 2.34. The Balaban J connectivity index is 2.42. The monoisotopic (exact) mass is 376 g/mol. The number of rotatable bonds is 4. The van der Waals surface area contributed by atoms with Crippen molar-refractivity contribution in [2.24, 2.45) is 0 Å². The minimum Gasteiger partial charge on any atom is -0.444 e. The zero-order chi connectivity index (χ0) is 19.5. The topological polar surface area (TPSA) is 121 Å². The smallest absolute Gasteiger partial charge is 0.412 e. The van der Waals surface area contributed by atoms with Crippen molar-refractivity contribution in [2.75, 3.05) is 11.1 Å². The maximum absolute atomic E-state index is 12.1. The van der Waals surface area contributed by atoms with Crippen molar-refractivity contribution < 1.29 is 14.6 Å². The molecule has 7 nitrogen and oxygen atoms in total. The van der Waals surface area contributed by atoms with Gasteiger partial charge in [-0.05, 0) is 38.5 Å². The van der Waals surface area contributed by atoms with Gasteiger partial charge in [-0.3, -0.25) is 10.3 Å². The average Bonchev–Trinajstić information content (AvgIpc) is 2.52. The van der Waals surface area contributed by atoms with Gasteiger partial charge in [-0.1, -0.05) is 23.7 Å². The highest BCUT2D eigenvalue weighted by molar-refractivity contribution is 6.30. The number of pyridine rings is 1. The number of aliphatic hydroxyl groups is 1. The molecule has 1 aromatic heterocycles. The third-order valence-electron chi connectivity index (χ3n) is 3.39. The molecule has 0 saturated heterocycles. The molecular formula is C18H21ClN4O3. The van der Waals surface area contributed by atoms with Gasteiger partial charge in [0, 0.05) is 23.7 Å². The number of hydrogen-bond donors (Lipinski definition) is 4. The first kappa shape index (κ1) is 19.7. The summed E-state index contributed by atoms with van der Waals surface area (Å²) in [5.41, 5.74) is 6.67. The molecule has 138 valence electrons. The van der Waals surface area contributed by atoms with E-state index in [4.69, 9.17) is 27.5 Å². The summed E-state index contributed by atoms with van der Waals surface area (Å²) in [7, 11) is 0. The number of carbonyl (C=O) groups excluding carboxylic acids is 1. The van der Waals surface area contributed by atoms with E-state index < -0.39 is 17.8 Å². The first-order valence-electron chi connectivity index (χ1n) is 7.84. The number of anilines is 2. The van der Waals surface area contributed by atoms with Crippen LogP contribution >= 0.6 is 11.6 Å². The van der Waals surface area contributed by atoms with Gasteiger partial charge in [-0.2, -0.15) is 0 Å². The first-order chi connectivity index (χ1) is 12.1. The van der Waals surface area contributed by atoms with Gasteiger partial charge in [0.2, 0.25) is 0 Å². The quantitative estimate of drug-likeness (QED) is 0.478. The van der Waals surface area contributed by atoms with Crippen LogP contribution in [-0.2, 0) is 4.74 Å². The lowest BCUT2D eigenvalue weighted by molar-refractivity contribution is 0.0635. The van der Waals surface area contributed by atoms with Crippen molar-refractivity contribution in [3.63, 3.8) is 0 Å². The Labute approximate surface area is 156 Å². The molecule has 0 aliphatic carbocycles. The van der Waals surface area contributed by atoms with Crippen LogP contribution in [0.1, 0.15) is 43.7 Å². The van der Waals surface area contributed by atoms with E-state index in [9.17, 15) is 9.90 Å². The number of nitrogens with one attached hydrogen (secondary N) is 2. The number of ether oxygens (including phenoxy) is 1. The summed E-state index contributed by atoms with van der Waals surface area (Å²) in [5.74, 6) is 0. The van der Waals surface area contributed by atoms with E-state index in [-0.39, 0.29) is 16.4 Å². The van der Waals surface area contributed by atoms with E-state index in [1.807, 2.05) is 0 Å². The minimum atomic E-state index is -1.22. The molecule has 1 heterocycles. The predicted octanol–water partition coefficient (Wildman–Crippen LogP) is 3.74. The molecule has 1 amide bonds. The highest BCUT2D eigenvalue weighted by atomic mass is 35.5. The van der Waals surface area contributed by atoms with Crippen molar-refractivity contribution in [3.05, 3.63) is 52.3 Å². The molecule has 2 aromatic rings. The predicted molar refractivity (Wildman–Crippen MR) is 102 cm³/mol.